The number of nitrogens with zero attached hydrogens (tertiary/aromatic N) is 3. The summed E-state index contributed by atoms with van der Waals surface area (Å²) in [5, 5.41) is 20.8. The summed E-state index contributed by atoms with van der Waals surface area (Å²) in [5.41, 5.74) is 2.53. The fraction of sp³-hybridized carbons (Fsp3) is 0.500. The van der Waals surface area contributed by atoms with E-state index in [0.717, 1.165) is 36.4 Å². The molecule has 0 saturated carbocycles. The van der Waals surface area contributed by atoms with Gasteiger partial charge < -0.3 is 5.32 Å². The molecule has 0 atom stereocenters. The summed E-state index contributed by atoms with van der Waals surface area (Å²) in [5.74, 6) is 4.74. The summed E-state index contributed by atoms with van der Waals surface area (Å²) in [7, 11) is 0. The van der Waals surface area contributed by atoms with E-state index in [1.807, 2.05) is 13.8 Å². The molecular formula is C14H18N4S. The lowest BCUT2D eigenvalue weighted by molar-refractivity contribution is 0.872. The van der Waals surface area contributed by atoms with Crippen LogP contribution in [0.4, 0.5) is 5.82 Å². The highest BCUT2D eigenvalue weighted by Crippen LogP contribution is 2.19. The van der Waals surface area contributed by atoms with Gasteiger partial charge in [-0.05, 0) is 18.4 Å². The summed E-state index contributed by atoms with van der Waals surface area (Å²) < 4.78 is 0. The quantitative estimate of drug-likeness (QED) is 0.610. The van der Waals surface area contributed by atoms with Crippen LogP contribution in [-0.4, -0.2) is 28.2 Å². The zero-order chi connectivity index (χ0) is 14.1. The SMILES string of the molecule is C#CCSCCNc1nnc(CC)c(CC)c1C#N. The first-order valence-electron chi connectivity index (χ1n) is 6.32. The van der Waals surface area contributed by atoms with Gasteiger partial charge in [0.25, 0.3) is 0 Å². The van der Waals surface area contributed by atoms with E-state index in [1.165, 1.54) is 0 Å². The second kappa shape index (κ2) is 8.39. The second-order valence-corrected chi connectivity index (χ2v) is 4.96. The number of hydrogen-bond donors (Lipinski definition) is 1. The molecule has 0 bridgehead atoms. The molecule has 0 radical (unpaired) electrons. The number of terminal acetylenes is 1. The first-order chi connectivity index (χ1) is 9.28. The van der Waals surface area contributed by atoms with E-state index in [4.69, 9.17) is 6.42 Å². The summed E-state index contributed by atoms with van der Waals surface area (Å²) in [4.78, 5) is 0. The van der Waals surface area contributed by atoms with Gasteiger partial charge in [-0.3, -0.25) is 0 Å². The summed E-state index contributed by atoms with van der Waals surface area (Å²) in [6.07, 6.45) is 6.77. The largest absolute Gasteiger partial charge is 0.367 e. The maximum absolute atomic E-state index is 9.30. The third kappa shape index (κ3) is 4.15. The molecule has 100 valence electrons. The van der Waals surface area contributed by atoms with E-state index in [9.17, 15) is 5.26 Å². The molecule has 0 aliphatic carbocycles. The van der Waals surface area contributed by atoms with E-state index < -0.39 is 0 Å². The Bertz CT molecular complexity index is 499. The number of nitriles is 1. The Labute approximate surface area is 119 Å². The molecule has 1 aromatic heterocycles. The molecule has 0 aliphatic rings. The van der Waals surface area contributed by atoms with Gasteiger partial charge in [0.05, 0.1) is 11.4 Å². The van der Waals surface area contributed by atoms with E-state index in [-0.39, 0.29) is 0 Å². The number of hydrogen-bond acceptors (Lipinski definition) is 5. The Hall–Kier alpha value is -1.72. The predicted molar refractivity (Wildman–Crippen MR) is 80.2 cm³/mol. The smallest absolute Gasteiger partial charge is 0.166 e. The van der Waals surface area contributed by atoms with Crippen molar-refractivity contribution in [3.63, 3.8) is 0 Å². The Morgan fingerprint density at radius 2 is 2.11 bits per heavy atom. The lowest BCUT2D eigenvalue weighted by atomic mass is 10.0. The summed E-state index contributed by atoms with van der Waals surface area (Å²) in [6, 6.07) is 2.24. The molecule has 1 rings (SSSR count). The first-order valence-corrected chi connectivity index (χ1v) is 7.47. The number of anilines is 1. The Morgan fingerprint density at radius 3 is 2.68 bits per heavy atom. The number of aromatic nitrogens is 2. The first kappa shape index (κ1) is 15.3. The van der Waals surface area contributed by atoms with Crippen molar-refractivity contribution in [3.05, 3.63) is 16.8 Å². The van der Waals surface area contributed by atoms with Crippen molar-refractivity contribution in [2.24, 2.45) is 0 Å². The number of nitrogens with one attached hydrogen (secondary N) is 1. The van der Waals surface area contributed by atoms with Crippen molar-refractivity contribution in [2.45, 2.75) is 26.7 Å². The fourth-order valence-electron chi connectivity index (χ4n) is 1.79. The standard InChI is InChI=1S/C14H18N4S/c1-4-8-19-9-7-16-14-12(10-15)11(5-2)13(6-3)17-18-14/h1H,5-9H2,2-3H3,(H,16,18). The molecule has 0 saturated heterocycles. The van der Waals surface area contributed by atoms with Gasteiger partial charge in [0, 0.05) is 12.3 Å². The highest BCUT2D eigenvalue weighted by molar-refractivity contribution is 7.99. The lowest BCUT2D eigenvalue weighted by Gasteiger charge is -2.11. The third-order valence-corrected chi connectivity index (χ3v) is 3.55. The second-order valence-electron chi connectivity index (χ2n) is 3.85. The van der Waals surface area contributed by atoms with Crippen LogP contribution in [0.3, 0.4) is 0 Å². The van der Waals surface area contributed by atoms with Crippen molar-refractivity contribution < 1.29 is 0 Å². The zero-order valence-corrected chi connectivity index (χ0v) is 12.2. The van der Waals surface area contributed by atoms with Gasteiger partial charge in [-0.2, -0.15) is 10.4 Å². The molecule has 19 heavy (non-hydrogen) atoms. The van der Waals surface area contributed by atoms with E-state index in [0.29, 0.717) is 17.1 Å². The summed E-state index contributed by atoms with van der Waals surface area (Å²) in [6.45, 7) is 4.78. The minimum atomic E-state index is 0.581. The Kier molecular flexibility index (Phi) is 6.78. The normalized spacial score (nSPS) is 9.68. The molecule has 0 spiro atoms. The van der Waals surface area contributed by atoms with Crippen LogP contribution in [0.5, 0.6) is 0 Å². The van der Waals surface area contributed by atoms with Crippen molar-refractivity contribution >= 4 is 17.6 Å². The van der Waals surface area contributed by atoms with Gasteiger partial charge in [0.1, 0.15) is 11.6 Å². The maximum atomic E-state index is 9.30. The average Bonchev–Trinajstić information content (AvgIpc) is 2.45. The monoisotopic (exact) mass is 274 g/mol. The highest BCUT2D eigenvalue weighted by Gasteiger charge is 2.13. The van der Waals surface area contributed by atoms with Crippen molar-refractivity contribution in [2.75, 3.05) is 23.4 Å². The molecule has 0 aromatic carbocycles. The predicted octanol–water partition coefficient (Wildman–Crippen LogP) is 2.25. The van der Waals surface area contributed by atoms with Crippen LogP contribution in [0, 0.1) is 23.7 Å². The number of aryl methyl sites for hydroxylation is 1. The van der Waals surface area contributed by atoms with Gasteiger partial charge in [-0.1, -0.05) is 19.8 Å². The fourth-order valence-corrected chi connectivity index (χ4v) is 2.30. The summed E-state index contributed by atoms with van der Waals surface area (Å²) >= 11 is 1.67. The molecular weight excluding hydrogens is 256 g/mol. The molecule has 0 fully saturated rings. The van der Waals surface area contributed by atoms with Gasteiger partial charge in [-0.15, -0.1) is 23.3 Å². The van der Waals surface area contributed by atoms with Crippen LogP contribution in [0.15, 0.2) is 0 Å². The van der Waals surface area contributed by atoms with Crippen LogP contribution in [0.1, 0.15) is 30.7 Å². The topological polar surface area (TPSA) is 61.6 Å². The van der Waals surface area contributed by atoms with Crippen molar-refractivity contribution in [3.8, 4) is 18.4 Å². The molecule has 1 N–H and O–H groups in total. The van der Waals surface area contributed by atoms with E-state index >= 15 is 0 Å². The molecule has 1 aromatic rings. The molecule has 1 heterocycles. The highest BCUT2D eigenvalue weighted by atomic mass is 32.2. The minimum Gasteiger partial charge on any atom is -0.367 e. The molecule has 5 heteroatoms. The van der Waals surface area contributed by atoms with Gasteiger partial charge in [-0.25, -0.2) is 0 Å². The molecule has 0 amide bonds. The van der Waals surface area contributed by atoms with Gasteiger partial charge >= 0.3 is 0 Å². The molecule has 0 aliphatic heterocycles. The van der Waals surface area contributed by atoms with Crippen LogP contribution >= 0.6 is 11.8 Å². The molecule has 4 nitrogen and oxygen atoms in total. The van der Waals surface area contributed by atoms with Crippen LogP contribution in [0.2, 0.25) is 0 Å². The van der Waals surface area contributed by atoms with Crippen molar-refractivity contribution in [1.82, 2.24) is 10.2 Å². The Balaban J connectivity index is 2.79. The van der Waals surface area contributed by atoms with E-state index in [1.54, 1.807) is 11.8 Å². The number of rotatable bonds is 7. The van der Waals surface area contributed by atoms with Crippen LogP contribution in [0.25, 0.3) is 0 Å². The Morgan fingerprint density at radius 1 is 1.32 bits per heavy atom. The third-order valence-electron chi connectivity index (χ3n) is 2.68. The van der Waals surface area contributed by atoms with Crippen molar-refractivity contribution in [1.29, 1.82) is 5.26 Å². The lowest BCUT2D eigenvalue weighted by Crippen LogP contribution is -2.12. The van der Waals surface area contributed by atoms with Crippen LogP contribution in [-0.2, 0) is 12.8 Å². The van der Waals surface area contributed by atoms with Gasteiger partial charge in [0.15, 0.2) is 5.82 Å². The van der Waals surface area contributed by atoms with Gasteiger partial charge in [0.2, 0.25) is 0 Å². The zero-order valence-electron chi connectivity index (χ0n) is 11.4. The molecule has 0 unspecified atom stereocenters. The maximum Gasteiger partial charge on any atom is 0.166 e. The average molecular weight is 274 g/mol. The van der Waals surface area contributed by atoms with E-state index in [2.05, 4.69) is 27.5 Å². The van der Waals surface area contributed by atoms with Crippen LogP contribution < -0.4 is 5.32 Å². The number of thioether (sulfide) groups is 1. The minimum absolute atomic E-state index is 0.581.